The lowest BCUT2D eigenvalue weighted by atomic mass is 10.0. The van der Waals surface area contributed by atoms with Gasteiger partial charge >= 0.3 is 6.09 Å². The molecule has 2 aromatic carbocycles. The second-order valence-electron chi connectivity index (χ2n) is 12.4. The molecule has 2 aliphatic rings. The molecule has 2 aromatic rings. The Morgan fingerprint density at radius 1 is 0.767 bits per heavy atom. The Morgan fingerprint density at radius 2 is 1.21 bits per heavy atom. The van der Waals surface area contributed by atoms with Crippen LogP contribution in [0.5, 0.6) is 0 Å². The number of benzene rings is 2. The Balaban J connectivity index is 0.000000248. The summed E-state index contributed by atoms with van der Waals surface area (Å²) >= 11 is 0. The predicted octanol–water partition coefficient (Wildman–Crippen LogP) is 6.47. The van der Waals surface area contributed by atoms with Gasteiger partial charge in [-0.25, -0.2) is 4.79 Å². The molecule has 0 heterocycles. The fourth-order valence-electron chi connectivity index (χ4n) is 5.17. The SMILES string of the molecule is CC(C)(C)OC(=O)NCc1cccc(CC(=O)C#CC2CCCC2)c1.NCc1cccc(CC(=O)C#CC2CCCC2)c1. The van der Waals surface area contributed by atoms with Gasteiger partial charge < -0.3 is 15.8 Å². The molecule has 0 aliphatic heterocycles. The molecule has 2 aliphatic carbocycles. The van der Waals surface area contributed by atoms with Gasteiger partial charge in [0.15, 0.2) is 0 Å². The fraction of sp³-hybridized carbons (Fsp3) is 0.486. The number of rotatable bonds is 7. The topological polar surface area (TPSA) is 98.5 Å². The maximum atomic E-state index is 12.0. The molecule has 0 unspecified atom stereocenters. The first-order valence-corrected chi connectivity index (χ1v) is 15.5. The van der Waals surface area contributed by atoms with Crippen molar-refractivity contribution in [3.8, 4) is 23.7 Å². The van der Waals surface area contributed by atoms with Crippen molar-refractivity contribution in [2.24, 2.45) is 17.6 Å². The largest absolute Gasteiger partial charge is 0.444 e. The molecule has 0 spiro atoms. The van der Waals surface area contributed by atoms with Gasteiger partial charge in [0.25, 0.3) is 0 Å². The number of amides is 1. The van der Waals surface area contributed by atoms with Crippen LogP contribution in [0.15, 0.2) is 48.5 Å². The molecular weight excluding hydrogens is 536 g/mol. The summed E-state index contributed by atoms with van der Waals surface area (Å²) in [6.45, 7) is 6.35. The van der Waals surface area contributed by atoms with Crippen LogP contribution in [0.25, 0.3) is 0 Å². The van der Waals surface area contributed by atoms with Crippen molar-refractivity contribution in [1.82, 2.24) is 5.32 Å². The predicted molar refractivity (Wildman–Crippen MR) is 171 cm³/mol. The van der Waals surface area contributed by atoms with Crippen LogP contribution < -0.4 is 11.1 Å². The average molecular weight is 583 g/mol. The van der Waals surface area contributed by atoms with Crippen molar-refractivity contribution in [2.75, 3.05) is 0 Å². The minimum atomic E-state index is -0.518. The summed E-state index contributed by atoms with van der Waals surface area (Å²) in [5.41, 5.74) is 8.96. The molecule has 228 valence electrons. The van der Waals surface area contributed by atoms with Gasteiger partial charge in [-0.05, 0) is 80.5 Å². The number of carbonyl (C=O) groups is 3. The van der Waals surface area contributed by atoms with Gasteiger partial charge in [-0.1, -0.05) is 86.1 Å². The molecule has 1 amide bonds. The molecule has 4 rings (SSSR count). The number of hydrogen-bond acceptors (Lipinski definition) is 5. The third-order valence-corrected chi connectivity index (χ3v) is 7.33. The summed E-state index contributed by atoms with van der Waals surface area (Å²) in [5, 5.41) is 2.72. The van der Waals surface area contributed by atoms with Crippen molar-refractivity contribution in [2.45, 2.75) is 104 Å². The maximum absolute atomic E-state index is 12.0. The molecule has 0 bridgehead atoms. The van der Waals surface area contributed by atoms with Crippen molar-refractivity contribution < 1.29 is 19.1 Å². The van der Waals surface area contributed by atoms with E-state index in [0.29, 0.717) is 37.8 Å². The quantitative estimate of drug-likeness (QED) is 0.288. The molecule has 0 saturated heterocycles. The highest BCUT2D eigenvalue weighted by molar-refractivity contribution is 5.97. The van der Waals surface area contributed by atoms with E-state index in [1.165, 1.54) is 25.7 Å². The maximum Gasteiger partial charge on any atom is 0.407 e. The zero-order valence-electron chi connectivity index (χ0n) is 26.0. The number of ketones is 2. The first-order chi connectivity index (χ1) is 20.6. The van der Waals surface area contributed by atoms with Crippen molar-refractivity contribution in [1.29, 1.82) is 0 Å². The highest BCUT2D eigenvalue weighted by Crippen LogP contribution is 2.24. The molecule has 43 heavy (non-hydrogen) atoms. The van der Waals surface area contributed by atoms with Gasteiger partial charge in [0.2, 0.25) is 11.6 Å². The standard InChI is InChI=1S/C21H27NO3.C16H19NO/c1-21(2,3)25-20(24)22-15-18-10-6-9-17(13-18)14-19(23)12-11-16-7-4-5-8-16;17-12-15-7-3-6-14(10-15)11-16(18)9-8-13-4-1-2-5-13/h6,9-10,13,16H,4-5,7-8,14-15H2,1-3H3,(H,22,24);3,6-7,10,13H,1-2,4-5,11-12,17H2. The van der Waals surface area contributed by atoms with Gasteiger partial charge in [-0.3, -0.25) is 9.59 Å². The molecule has 3 N–H and O–H groups in total. The first kappa shape index (κ1) is 33.6. The number of carbonyl (C=O) groups excluding carboxylic acids is 3. The van der Waals surface area contributed by atoms with Gasteiger partial charge in [-0.2, -0.15) is 0 Å². The van der Waals surface area contributed by atoms with Crippen molar-refractivity contribution in [3.63, 3.8) is 0 Å². The third kappa shape index (κ3) is 13.8. The van der Waals surface area contributed by atoms with Crippen LogP contribution in [-0.2, 0) is 40.3 Å². The van der Waals surface area contributed by atoms with E-state index in [1.807, 2.05) is 69.3 Å². The Bertz CT molecular complexity index is 1350. The van der Waals surface area contributed by atoms with Crippen molar-refractivity contribution in [3.05, 3.63) is 70.8 Å². The van der Waals surface area contributed by atoms with Crippen LogP contribution in [0.2, 0.25) is 0 Å². The molecule has 6 heteroatoms. The molecular formula is C37H46N2O4. The van der Waals surface area contributed by atoms with Crippen LogP contribution in [0.4, 0.5) is 4.79 Å². The zero-order chi connectivity index (χ0) is 31.1. The lowest BCUT2D eigenvalue weighted by molar-refractivity contribution is -0.114. The van der Waals surface area contributed by atoms with Crippen LogP contribution in [0.1, 0.15) is 94.4 Å². The summed E-state index contributed by atoms with van der Waals surface area (Å²) in [4.78, 5) is 35.5. The average Bonchev–Trinajstić information content (AvgIpc) is 3.69. The smallest absolute Gasteiger partial charge is 0.407 e. The monoisotopic (exact) mass is 582 g/mol. The minimum Gasteiger partial charge on any atom is -0.444 e. The molecule has 2 saturated carbocycles. The van der Waals surface area contributed by atoms with Gasteiger partial charge in [-0.15, -0.1) is 0 Å². The Labute approximate surface area is 257 Å². The normalized spacial score (nSPS) is 14.8. The highest BCUT2D eigenvalue weighted by atomic mass is 16.6. The first-order valence-electron chi connectivity index (χ1n) is 15.5. The number of Topliss-reactive ketones (excluding diaryl/α,β-unsaturated/α-hetero) is 2. The van der Waals surface area contributed by atoms with E-state index in [4.69, 9.17) is 10.5 Å². The third-order valence-electron chi connectivity index (χ3n) is 7.33. The number of alkyl carbamates (subject to hydrolysis) is 1. The number of ether oxygens (including phenoxy) is 1. The fourth-order valence-corrected chi connectivity index (χ4v) is 5.17. The Hall–Kier alpha value is -3.87. The molecule has 0 aromatic heterocycles. The van der Waals surface area contributed by atoms with E-state index in [1.54, 1.807) is 0 Å². The van der Waals surface area contributed by atoms with Gasteiger partial charge in [0.05, 0.1) is 0 Å². The van der Waals surface area contributed by atoms with E-state index in [0.717, 1.165) is 47.9 Å². The lowest BCUT2D eigenvalue weighted by Crippen LogP contribution is -2.32. The Morgan fingerprint density at radius 3 is 1.67 bits per heavy atom. The van der Waals surface area contributed by atoms with Gasteiger partial charge in [0.1, 0.15) is 5.60 Å². The summed E-state index contributed by atoms with van der Waals surface area (Å²) in [6.07, 6.45) is 9.76. The molecule has 2 fully saturated rings. The van der Waals surface area contributed by atoms with Crippen molar-refractivity contribution >= 4 is 17.7 Å². The molecule has 6 nitrogen and oxygen atoms in total. The highest BCUT2D eigenvalue weighted by Gasteiger charge is 2.16. The van der Waals surface area contributed by atoms with Crippen LogP contribution in [0.3, 0.4) is 0 Å². The lowest BCUT2D eigenvalue weighted by Gasteiger charge is -2.19. The van der Waals surface area contributed by atoms with E-state index < -0.39 is 11.7 Å². The summed E-state index contributed by atoms with van der Waals surface area (Å²) in [7, 11) is 0. The number of nitrogens with one attached hydrogen (secondary N) is 1. The minimum absolute atomic E-state index is 0.0103. The summed E-state index contributed by atoms with van der Waals surface area (Å²) < 4.78 is 5.21. The number of hydrogen-bond donors (Lipinski definition) is 2. The Kier molecular flexibility index (Phi) is 13.5. The number of nitrogens with two attached hydrogens (primary N) is 1. The van der Waals surface area contributed by atoms with E-state index in [2.05, 4.69) is 29.0 Å². The van der Waals surface area contributed by atoms with Crippen LogP contribution in [0, 0.1) is 35.5 Å². The zero-order valence-corrected chi connectivity index (χ0v) is 26.0. The van der Waals surface area contributed by atoms with E-state index in [-0.39, 0.29) is 11.6 Å². The van der Waals surface area contributed by atoms with Crippen LogP contribution >= 0.6 is 0 Å². The second kappa shape index (κ2) is 17.3. The van der Waals surface area contributed by atoms with Gasteiger partial charge in [0, 0.05) is 37.8 Å². The van der Waals surface area contributed by atoms with E-state index >= 15 is 0 Å². The molecule has 0 atom stereocenters. The van der Waals surface area contributed by atoms with Crippen LogP contribution in [-0.4, -0.2) is 23.3 Å². The summed E-state index contributed by atoms with van der Waals surface area (Å²) in [5.74, 6) is 12.6. The molecule has 0 radical (unpaired) electrons. The second-order valence-corrected chi connectivity index (χ2v) is 12.4. The van der Waals surface area contributed by atoms with E-state index in [9.17, 15) is 14.4 Å². The summed E-state index contributed by atoms with van der Waals surface area (Å²) in [6, 6.07) is 15.5.